The number of amides is 2. The molecule has 3 aromatic rings. The number of nitrogens with zero attached hydrogens (tertiary/aromatic N) is 1. The van der Waals surface area contributed by atoms with Crippen molar-refractivity contribution in [3.8, 4) is 16.9 Å². The fourth-order valence-electron chi connectivity index (χ4n) is 4.83. The first-order valence-corrected chi connectivity index (χ1v) is 12.6. The Morgan fingerprint density at radius 2 is 1.40 bits per heavy atom. The number of halogens is 9. The fraction of sp³-hybridized carbons (Fsp3) is 0.345. The van der Waals surface area contributed by atoms with Gasteiger partial charge in [-0.25, -0.2) is 4.79 Å². The molecule has 1 aliphatic heterocycles. The molecule has 1 atom stereocenters. The molecule has 4 nitrogen and oxygen atoms in total. The standard InChI is InChI=1S/C29H25F9N2O2/c1-15(2)16-4-7-25(42-3)23(11-16)22-6-5-19(27(30,31)32)10-18(22)14-40-24(13-39-26(40)41)17-8-20(28(33,34)35)12-21(9-17)29(36,37)38/h4-12,15,24H,13-14H2,1-3H3,(H,39,41). The number of hydrogen-bond donors (Lipinski definition) is 1. The van der Waals surface area contributed by atoms with E-state index in [-0.39, 0.29) is 29.7 Å². The van der Waals surface area contributed by atoms with E-state index in [4.69, 9.17) is 4.74 Å². The average molecular weight is 605 g/mol. The van der Waals surface area contributed by atoms with E-state index in [1.165, 1.54) is 13.2 Å². The molecule has 2 amide bonds. The second-order valence-corrected chi connectivity index (χ2v) is 10.2. The molecule has 226 valence electrons. The zero-order chi connectivity index (χ0) is 31.2. The summed E-state index contributed by atoms with van der Waals surface area (Å²) in [5, 5.41) is 2.38. The van der Waals surface area contributed by atoms with Crippen LogP contribution in [0.15, 0.2) is 54.6 Å². The SMILES string of the molecule is COc1ccc(C(C)C)cc1-c1ccc(C(F)(F)F)cc1CN1C(=O)NCC1c1cc(C(F)(F)F)cc(C(F)(F)F)c1. The molecule has 0 radical (unpaired) electrons. The minimum atomic E-state index is -5.12. The van der Waals surface area contributed by atoms with E-state index in [2.05, 4.69) is 5.32 Å². The van der Waals surface area contributed by atoms with E-state index in [1.54, 1.807) is 18.2 Å². The molecule has 0 aromatic heterocycles. The largest absolute Gasteiger partial charge is 0.496 e. The summed E-state index contributed by atoms with van der Waals surface area (Å²) in [6.07, 6.45) is -15.0. The lowest BCUT2D eigenvalue weighted by atomic mass is 9.92. The van der Waals surface area contributed by atoms with Gasteiger partial charge in [-0.2, -0.15) is 39.5 Å². The molecule has 0 bridgehead atoms. The number of rotatable bonds is 6. The van der Waals surface area contributed by atoms with Crippen molar-refractivity contribution in [3.05, 3.63) is 88.0 Å². The fourth-order valence-corrected chi connectivity index (χ4v) is 4.83. The molecule has 42 heavy (non-hydrogen) atoms. The number of methoxy groups -OCH3 is 1. The summed E-state index contributed by atoms with van der Waals surface area (Å²) in [4.78, 5) is 13.8. The Hall–Kier alpha value is -3.90. The van der Waals surface area contributed by atoms with E-state index < -0.39 is 59.4 Å². The van der Waals surface area contributed by atoms with Gasteiger partial charge in [-0.05, 0) is 70.6 Å². The van der Waals surface area contributed by atoms with Crippen LogP contribution in [0.1, 0.15) is 59.2 Å². The molecule has 4 rings (SSSR count). The number of nitrogens with one attached hydrogen (secondary N) is 1. The minimum absolute atomic E-state index is 0.0308. The van der Waals surface area contributed by atoms with Gasteiger partial charge in [0, 0.05) is 18.7 Å². The van der Waals surface area contributed by atoms with E-state index in [0.717, 1.165) is 22.6 Å². The molecule has 1 unspecified atom stereocenters. The number of hydrogen-bond acceptors (Lipinski definition) is 2. The summed E-state index contributed by atoms with van der Waals surface area (Å²) in [7, 11) is 1.37. The number of carbonyl (C=O) groups is 1. The molecule has 1 heterocycles. The van der Waals surface area contributed by atoms with Crippen LogP contribution in [0.4, 0.5) is 44.3 Å². The van der Waals surface area contributed by atoms with E-state index >= 15 is 0 Å². The predicted molar refractivity (Wildman–Crippen MR) is 136 cm³/mol. The van der Waals surface area contributed by atoms with Crippen molar-refractivity contribution in [3.63, 3.8) is 0 Å². The molecule has 1 aliphatic rings. The van der Waals surface area contributed by atoms with Crippen molar-refractivity contribution in [2.45, 2.75) is 50.9 Å². The number of carbonyl (C=O) groups excluding carboxylic acids is 1. The monoisotopic (exact) mass is 604 g/mol. The molecular formula is C29H25F9N2O2. The Balaban J connectivity index is 1.87. The van der Waals surface area contributed by atoms with Crippen LogP contribution in [0.2, 0.25) is 0 Å². The summed E-state index contributed by atoms with van der Waals surface area (Å²) >= 11 is 0. The third-order valence-electron chi connectivity index (χ3n) is 7.03. The highest BCUT2D eigenvalue weighted by Crippen LogP contribution is 2.42. The maximum atomic E-state index is 13.7. The van der Waals surface area contributed by atoms with Gasteiger partial charge in [-0.1, -0.05) is 26.0 Å². The van der Waals surface area contributed by atoms with Crippen LogP contribution >= 0.6 is 0 Å². The van der Waals surface area contributed by atoms with Crippen molar-refractivity contribution in [2.24, 2.45) is 0 Å². The number of alkyl halides is 9. The third-order valence-corrected chi connectivity index (χ3v) is 7.03. The maximum absolute atomic E-state index is 13.7. The van der Waals surface area contributed by atoms with Crippen LogP contribution in [-0.4, -0.2) is 24.6 Å². The molecule has 1 N–H and O–H groups in total. The van der Waals surface area contributed by atoms with E-state index in [9.17, 15) is 44.3 Å². The number of ether oxygens (including phenoxy) is 1. The van der Waals surface area contributed by atoms with Gasteiger partial charge in [0.15, 0.2) is 0 Å². The summed E-state index contributed by atoms with van der Waals surface area (Å²) in [5.41, 5.74) is -3.20. The smallest absolute Gasteiger partial charge is 0.416 e. The predicted octanol–water partition coefficient (Wildman–Crippen LogP) is 8.81. The van der Waals surface area contributed by atoms with Gasteiger partial charge in [0.25, 0.3) is 0 Å². The van der Waals surface area contributed by atoms with Crippen LogP contribution in [-0.2, 0) is 25.1 Å². The zero-order valence-corrected chi connectivity index (χ0v) is 22.4. The Morgan fingerprint density at radius 3 is 1.93 bits per heavy atom. The van der Waals surface area contributed by atoms with Gasteiger partial charge < -0.3 is 15.0 Å². The molecule has 13 heteroatoms. The highest BCUT2D eigenvalue weighted by molar-refractivity contribution is 5.79. The van der Waals surface area contributed by atoms with Crippen molar-refractivity contribution in [2.75, 3.05) is 13.7 Å². The van der Waals surface area contributed by atoms with Gasteiger partial charge in [0.1, 0.15) is 5.75 Å². The quantitative estimate of drug-likeness (QED) is 0.286. The Morgan fingerprint density at radius 1 is 0.810 bits per heavy atom. The van der Waals surface area contributed by atoms with Gasteiger partial charge in [-0.15, -0.1) is 0 Å². The minimum Gasteiger partial charge on any atom is -0.496 e. The van der Waals surface area contributed by atoms with Crippen molar-refractivity contribution < 1.29 is 49.0 Å². The maximum Gasteiger partial charge on any atom is 0.416 e. The molecule has 1 fully saturated rings. The summed E-state index contributed by atoms with van der Waals surface area (Å²) < 4.78 is 128. The number of urea groups is 1. The van der Waals surface area contributed by atoms with E-state index in [1.807, 2.05) is 13.8 Å². The lowest BCUT2D eigenvalue weighted by Crippen LogP contribution is -2.30. The van der Waals surface area contributed by atoms with Crippen molar-refractivity contribution in [1.29, 1.82) is 0 Å². The molecule has 0 saturated carbocycles. The van der Waals surface area contributed by atoms with Gasteiger partial charge in [-0.3, -0.25) is 0 Å². The highest BCUT2D eigenvalue weighted by Gasteiger charge is 2.40. The first-order chi connectivity index (χ1) is 19.4. The Labute approximate surface area is 235 Å². The summed E-state index contributed by atoms with van der Waals surface area (Å²) in [5.74, 6) is 0.348. The number of benzene rings is 3. The lowest BCUT2D eigenvalue weighted by molar-refractivity contribution is -0.143. The summed E-state index contributed by atoms with van der Waals surface area (Å²) in [6.45, 7) is 2.89. The molecule has 1 saturated heterocycles. The van der Waals surface area contributed by atoms with Crippen LogP contribution in [0.3, 0.4) is 0 Å². The van der Waals surface area contributed by atoms with Crippen LogP contribution in [0, 0.1) is 0 Å². The van der Waals surface area contributed by atoms with E-state index in [0.29, 0.717) is 23.4 Å². The zero-order valence-electron chi connectivity index (χ0n) is 22.4. The lowest BCUT2D eigenvalue weighted by Gasteiger charge is -2.27. The first kappa shape index (κ1) is 31.0. The normalized spacial score (nSPS) is 16.3. The van der Waals surface area contributed by atoms with Crippen LogP contribution in [0.5, 0.6) is 5.75 Å². The third kappa shape index (κ3) is 6.44. The van der Waals surface area contributed by atoms with Crippen LogP contribution < -0.4 is 10.1 Å². The average Bonchev–Trinajstić information content (AvgIpc) is 3.26. The van der Waals surface area contributed by atoms with Gasteiger partial charge in [0.05, 0.1) is 29.8 Å². The molecule has 0 spiro atoms. The first-order valence-electron chi connectivity index (χ1n) is 12.6. The van der Waals surface area contributed by atoms with Crippen molar-refractivity contribution >= 4 is 6.03 Å². The highest BCUT2D eigenvalue weighted by atomic mass is 19.4. The second-order valence-electron chi connectivity index (χ2n) is 10.2. The topological polar surface area (TPSA) is 41.6 Å². The van der Waals surface area contributed by atoms with Gasteiger partial charge >= 0.3 is 24.6 Å². The second kappa shape index (κ2) is 11.1. The molecular weight excluding hydrogens is 579 g/mol. The van der Waals surface area contributed by atoms with Gasteiger partial charge in [0.2, 0.25) is 0 Å². The summed E-state index contributed by atoms with van der Waals surface area (Å²) in [6, 6.07) is 6.79. The van der Waals surface area contributed by atoms with Crippen LogP contribution in [0.25, 0.3) is 11.1 Å². The molecule has 3 aromatic carbocycles. The van der Waals surface area contributed by atoms with Crippen molar-refractivity contribution in [1.82, 2.24) is 10.2 Å². The Bertz CT molecular complexity index is 1450. The molecule has 0 aliphatic carbocycles. The Kier molecular flexibility index (Phi) is 8.18.